The van der Waals surface area contributed by atoms with E-state index in [9.17, 15) is 22.8 Å². The molecule has 42 heavy (non-hydrogen) atoms. The van der Waals surface area contributed by atoms with E-state index in [0.29, 0.717) is 10.6 Å². The van der Waals surface area contributed by atoms with E-state index in [0.717, 1.165) is 5.56 Å². The van der Waals surface area contributed by atoms with Crippen molar-refractivity contribution in [3.8, 4) is 0 Å². The van der Waals surface area contributed by atoms with E-state index in [1.807, 2.05) is 0 Å². The zero-order valence-electron chi connectivity index (χ0n) is 23.4. The molecule has 224 valence electrons. The number of nitrogens with zero attached hydrogens (tertiary/aromatic N) is 2. The van der Waals surface area contributed by atoms with Gasteiger partial charge in [-0.2, -0.15) is 0 Å². The zero-order valence-corrected chi connectivity index (χ0v) is 25.0. The predicted molar refractivity (Wildman–Crippen MR) is 157 cm³/mol. The van der Waals surface area contributed by atoms with Crippen molar-refractivity contribution in [3.05, 3.63) is 76.2 Å². The fraction of sp³-hybridized carbons (Fsp3) is 0.296. The summed E-state index contributed by atoms with van der Waals surface area (Å²) in [6.07, 6.45) is 1.04. The molecule has 0 spiro atoms. The third kappa shape index (κ3) is 10.2. The Bertz CT molecular complexity index is 1550. The lowest BCUT2D eigenvalue weighted by Gasteiger charge is -2.19. The largest absolute Gasteiger partial charge is 0.444 e. The van der Waals surface area contributed by atoms with Gasteiger partial charge >= 0.3 is 12.1 Å². The molecule has 1 atom stereocenters. The number of nitrogens with one attached hydrogen (secondary N) is 3. The smallest absolute Gasteiger partial charge is 0.408 e. The van der Waals surface area contributed by atoms with Crippen LogP contribution in [-0.4, -0.2) is 49.4 Å². The highest BCUT2D eigenvalue weighted by molar-refractivity contribution is 7.89. The quantitative estimate of drug-likeness (QED) is 0.108. The Morgan fingerprint density at radius 2 is 1.86 bits per heavy atom. The number of rotatable bonds is 11. The van der Waals surface area contributed by atoms with Crippen LogP contribution in [0.25, 0.3) is 0 Å². The minimum absolute atomic E-state index is 0.0152. The predicted octanol–water partition coefficient (Wildman–Crippen LogP) is 3.05. The van der Waals surface area contributed by atoms with Crippen molar-refractivity contribution in [2.45, 2.75) is 50.7 Å². The number of carbonyl (C=O) groups is 3. The van der Waals surface area contributed by atoms with Crippen LogP contribution < -0.4 is 21.1 Å². The van der Waals surface area contributed by atoms with E-state index in [1.54, 1.807) is 56.6 Å². The fourth-order valence-electron chi connectivity index (χ4n) is 3.51. The van der Waals surface area contributed by atoms with Gasteiger partial charge in [0.15, 0.2) is 5.84 Å². The van der Waals surface area contributed by atoms with Crippen molar-refractivity contribution in [2.24, 2.45) is 10.9 Å². The summed E-state index contributed by atoms with van der Waals surface area (Å²) in [5.74, 6) is -1.20. The first-order valence-electron chi connectivity index (χ1n) is 12.6. The molecule has 3 aromatic rings. The highest BCUT2D eigenvalue weighted by Gasteiger charge is 2.24. The summed E-state index contributed by atoms with van der Waals surface area (Å²) in [5.41, 5.74) is 6.62. The molecule has 1 heterocycles. The first-order chi connectivity index (χ1) is 19.7. The van der Waals surface area contributed by atoms with Crippen molar-refractivity contribution in [1.29, 1.82) is 0 Å². The molecule has 0 bridgehead atoms. The molecule has 2 aromatic carbocycles. The molecule has 2 amide bonds. The molecule has 3 rings (SSSR count). The summed E-state index contributed by atoms with van der Waals surface area (Å²) >= 11 is 1.28. The topological polar surface area (TPSA) is 191 Å². The van der Waals surface area contributed by atoms with Crippen LogP contribution in [0.5, 0.6) is 0 Å². The molecule has 1 unspecified atom stereocenters. The van der Waals surface area contributed by atoms with Gasteiger partial charge in [0.25, 0.3) is 0 Å². The van der Waals surface area contributed by atoms with Gasteiger partial charge in [0, 0.05) is 29.8 Å². The SMILES string of the molecule is CC(=O)ON=C(N)c1cccc(CC(NS(=O)(=O)c2cccc(NC(=O)CNC(=O)OC(C)(C)C)c2)c2nccs2)c1. The van der Waals surface area contributed by atoms with Crippen LogP contribution in [0.15, 0.2) is 70.2 Å². The third-order valence-corrected chi connectivity index (χ3v) is 7.56. The number of oxime groups is 1. The number of carbonyl (C=O) groups excluding carboxylic acids is 3. The Morgan fingerprint density at radius 1 is 1.12 bits per heavy atom. The summed E-state index contributed by atoms with van der Waals surface area (Å²) in [7, 11) is -4.08. The number of ether oxygens (including phenoxy) is 1. The number of benzene rings is 2. The lowest BCUT2D eigenvalue weighted by atomic mass is 10.0. The monoisotopic (exact) mass is 616 g/mol. The van der Waals surface area contributed by atoms with E-state index in [2.05, 4.69) is 30.3 Å². The van der Waals surface area contributed by atoms with Crippen LogP contribution in [-0.2, 0) is 35.6 Å². The van der Waals surface area contributed by atoms with Crippen molar-refractivity contribution in [3.63, 3.8) is 0 Å². The lowest BCUT2D eigenvalue weighted by Crippen LogP contribution is -2.37. The maximum atomic E-state index is 13.4. The minimum Gasteiger partial charge on any atom is -0.444 e. The van der Waals surface area contributed by atoms with Gasteiger partial charge in [0.1, 0.15) is 17.2 Å². The summed E-state index contributed by atoms with van der Waals surface area (Å²) in [5, 5.41) is 10.8. The van der Waals surface area contributed by atoms with E-state index >= 15 is 0 Å². The number of hydrogen-bond acceptors (Lipinski definition) is 10. The second-order valence-electron chi connectivity index (χ2n) is 9.94. The number of nitrogens with two attached hydrogens (primary N) is 1. The number of alkyl carbamates (subject to hydrolysis) is 1. The number of aromatic nitrogens is 1. The second kappa shape index (κ2) is 14.0. The van der Waals surface area contributed by atoms with Crippen molar-refractivity contribution in [2.75, 3.05) is 11.9 Å². The van der Waals surface area contributed by atoms with E-state index < -0.39 is 39.6 Å². The molecule has 0 aliphatic rings. The van der Waals surface area contributed by atoms with Crippen LogP contribution in [0.4, 0.5) is 10.5 Å². The standard InChI is InChI=1S/C27H32N6O7S2/c1-17(34)40-32-24(28)19-8-5-7-18(13-19)14-22(25-29-11-12-41-25)33-42(37,38)21-10-6-9-20(15-21)31-23(35)16-30-26(36)39-27(2,3)4/h5-13,15,22,33H,14,16H2,1-4H3,(H2,28,32)(H,30,36)(H,31,35). The summed E-state index contributed by atoms with van der Waals surface area (Å²) in [6.45, 7) is 5.92. The Morgan fingerprint density at radius 3 is 2.52 bits per heavy atom. The molecular weight excluding hydrogens is 584 g/mol. The average Bonchev–Trinajstić information content (AvgIpc) is 3.45. The first-order valence-corrected chi connectivity index (χ1v) is 15.0. The molecule has 0 aliphatic heterocycles. The number of thiazole rings is 1. The number of sulfonamides is 1. The maximum Gasteiger partial charge on any atom is 0.408 e. The second-order valence-corrected chi connectivity index (χ2v) is 12.6. The molecule has 15 heteroatoms. The van der Waals surface area contributed by atoms with Gasteiger partial charge in [0.2, 0.25) is 15.9 Å². The van der Waals surface area contributed by atoms with Gasteiger partial charge in [-0.05, 0) is 57.0 Å². The highest BCUT2D eigenvalue weighted by Crippen LogP contribution is 2.25. The van der Waals surface area contributed by atoms with Crippen molar-refractivity contribution in [1.82, 2.24) is 15.0 Å². The summed E-state index contributed by atoms with van der Waals surface area (Å²) < 4.78 is 34.7. The van der Waals surface area contributed by atoms with Crippen LogP contribution in [0.3, 0.4) is 0 Å². The number of amides is 2. The zero-order chi connectivity index (χ0) is 30.9. The molecule has 0 saturated heterocycles. The molecule has 0 radical (unpaired) electrons. The Labute approximate surface area is 247 Å². The van der Waals surface area contributed by atoms with Crippen LogP contribution >= 0.6 is 11.3 Å². The van der Waals surface area contributed by atoms with Gasteiger partial charge in [-0.1, -0.05) is 29.4 Å². The molecular formula is C27H32N6O7S2. The van der Waals surface area contributed by atoms with Crippen LogP contribution in [0.1, 0.15) is 49.9 Å². The maximum absolute atomic E-state index is 13.4. The molecule has 5 N–H and O–H groups in total. The van der Waals surface area contributed by atoms with Gasteiger partial charge < -0.3 is 25.9 Å². The van der Waals surface area contributed by atoms with Gasteiger partial charge in [0.05, 0.1) is 10.9 Å². The van der Waals surface area contributed by atoms with Crippen LogP contribution in [0, 0.1) is 0 Å². The highest BCUT2D eigenvalue weighted by atomic mass is 32.2. The van der Waals surface area contributed by atoms with E-state index in [1.165, 1.54) is 42.5 Å². The normalized spacial score (nSPS) is 12.7. The van der Waals surface area contributed by atoms with Gasteiger partial charge in [-0.25, -0.2) is 27.7 Å². The average molecular weight is 617 g/mol. The molecule has 0 fully saturated rings. The minimum atomic E-state index is -4.08. The Balaban J connectivity index is 1.74. The van der Waals surface area contributed by atoms with Crippen molar-refractivity contribution >= 4 is 50.9 Å². The molecule has 13 nitrogen and oxygen atoms in total. The number of anilines is 1. The third-order valence-electron chi connectivity index (χ3n) is 5.20. The van der Waals surface area contributed by atoms with Crippen molar-refractivity contribution < 1.29 is 32.4 Å². The first kappa shape index (κ1) is 32.2. The van der Waals surface area contributed by atoms with Crippen LogP contribution in [0.2, 0.25) is 0 Å². The molecule has 0 aliphatic carbocycles. The Hall–Kier alpha value is -4.34. The summed E-state index contributed by atoms with van der Waals surface area (Å²) in [6, 6.07) is 11.9. The van der Waals surface area contributed by atoms with Gasteiger partial charge in [-0.15, -0.1) is 11.3 Å². The summed E-state index contributed by atoms with van der Waals surface area (Å²) in [4.78, 5) is 44.0. The number of amidine groups is 1. The fourth-order valence-corrected chi connectivity index (χ4v) is 5.52. The lowest BCUT2D eigenvalue weighted by molar-refractivity contribution is -0.140. The molecule has 1 aromatic heterocycles. The van der Waals surface area contributed by atoms with Gasteiger partial charge in [-0.3, -0.25) is 4.79 Å². The van der Waals surface area contributed by atoms with E-state index in [4.69, 9.17) is 10.5 Å². The number of hydrogen-bond donors (Lipinski definition) is 4. The molecule has 0 saturated carbocycles. The van der Waals surface area contributed by atoms with E-state index in [-0.39, 0.29) is 29.4 Å². The Kier molecular flexibility index (Phi) is 10.7.